The Bertz CT molecular complexity index is 974. The molecule has 3 rings (SSSR count). The van der Waals surface area contributed by atoms with Crippen molar-refractivity contribution in [2.24, 2.45) is 5.41 Å². The molecule has 2 unspecified atom stereocenters. The Kier molecular flexibility index (Phi) is 6.59. The number of hydrogen-bond acceptors (Lipinski definition) is 6. The minimum Gasteiger partial charge on any atom is -0.476 e. The van der Waals surface area contributed by atoms with Gasteiger partial charge in [0.05, 0.1) is 6.04 Å². The fourth-order valence-electron chi connectivity index (χ4n) is 3.64. The third-order valence-electron chi connectivity index (χ3n) is 5.17. The molecule has 0 radical (unpaired) electrons. The molecule has 2 atom stereocenters. The molecular formula is C21H26F2N4O3S. The quantitative estimate of drug-likeness (QED) is 0.641. The van der Waals surface area contributed by atoms with E-state index in [1.807, 2.05) is 27.7 Å². The SMILES string of the molecule is CC1CCC(c2cnc(NCC(C)(C)C)cc2C(F)F)N1C(=O)c1csc(C(=O)O)n1. The van der Waals surface area contributed by atoms with Gasteiger partial charge < -0.3 is 15.3 Å². The average molecular weight is 453 g/mol. The van der Waals surface area contributed by atoms with E-state index >= 15 is 0 Å². The van der Waals surface area contributed by atoms with Gasteiger partial charge in [0, 0.05) is 35.3 Å². The first-order valence-electron chi connectivity index (χ1n) is 10.0. The number of alkyl halides is 2. The summed E-state index contributed by atoms with van der Waals surface area (Å²) in [4.78, 5) is 33.9. The lowest BCUT2D eigenvalue weighted by molar-refractivity contribution is 0.0666. The van der Waals surface area contributed by atoms with Crippen LogP contribution in [-0.4, -0.2) is 44.4 Å². The van der Waals surface area contributed by atoms with Crippen molar-refractivity contribution in [2.45, 2.75) is 59.0 Å². The van der Waals surface area contributed by atoms with Crippen LogP contribution in [0.5, 0.6) is 0 Å². The van der Waals surface area contributed by atoms with Gasteiger partial charge in [0.15, 0.2) is 0 Å². The van der Waals surface area contributed by atoms with Gasteiger partial charge in [0.25, 0.3) is 12.3 Å². The van der Waals surface area contributed by atoms with E-state index in [0.29, 0.717) is 30.8 Å². The zero-order chi connectivity index (χ0) is 22.9. The minimum absolute atomic E-state index is 0.0103. The molecule has 1 fully saturated rings. The number of pyridine rings is 1. The number of anilines is 1. The summed E-state index contributed by atoms with van der Waals surface area (Å²) in [6.45, 7) is 8.50. The molecule has 0 saturated carbocycles. The summed E-state index contributed by atoms with van der Waals surface area (Å²) in [5.74, 6) is -1.31. The number of likely N-dealkylation sites (tertiary alicyclic amines) is 1. The molecule has 31 heavy (non-hydrogen) atoms. The number of carbonyl (C=O) groups is 2. The summed E-state index contributed by atoms with van der Waals surface area (Å²) in [5.41, 5.74) is 0.115. The normalized spacial score (nSPS) is 19.1. The van der Waals surface area contributed by atoms with Gasteiger partial charge >= 0.3 is 5.97 Å². The molecule has 1 amide bonds. The van der Waals surface area contributed by atoms with Crippen molar-refractivity contribution in [1.29, 1.82) is 0 Å². The highest BCUT2D eigenvalue weighted by Gasteiger charge is 2.39. The Labute approximate surface area is 183 Å². The van der Waals surface area contributed by atoms with Crippen LogP contribution >= 0.6 is 11.3 Å². The maximum absolute atomic E-state index is 13.9. The average Bonchev–Trinajstić information content (AvgIpc) is 3.32. The standard InChI is InChI=1S/C21H26F2N4O3S/c1-11-5-6-15(27(11)19(28)14-9-31-18(26-14)20(29)30)13-8-24-16(7-12(13)17(22)23)25-10-21(2,3)4/h7-9,11,15,17H,5-6,10H2,1-4H3,(H,24,25)(H,29,30). The third-order valence-corrected chi connectivity index (χ3v) is 6.00. The van der Waals surface area contributed by atoms with Crippen LogP contribution in [0.25, 0.3) is 0 Å². The lowest BCUT2D eigenvalue weighted by Crippen LogP contribution is -2.36. The Morgan fingerprint density at radius 1 is 1.35 bits per heavy atom. The maximum Gasteiger partial charge on any atom is 0.365 e. The highest BCUT2D eigenvalue weighted by atomic mass is 32.1. The number of hydrogen-bond donors (Lipinski definition) is 2. The number of rotatable bonds is 6. The van der Waals surface area contributed by atoms with Crippen molar-refractivity contribution in [3.05, 3.63) is 39.5 Å². The van der Waals surface area contributed by atoms with Gasteiger partial charge in [-0.05, 0) is 31.2 Å². The second kappa shape index (κ2) is 8.86. The number of carboxylic acid groups (broad SMARTS) is 1. The molecule has 1 saturated heterocycles. The number of nitrogens with zero attached hydrogens (tertiary/aromatic N) is 3. The van der Waals surface area contributed by atoms with Crippen LogP contribution in [-0.2, 0) is 0 Å². The molecule has 1 aliphatic heterocycles. The predicted molar refractivity (Wildman–Crippen MR) is 114 cm³/mol. The molecule has 7 nitrogen and oxygen atoms in total. The van der Waals surface area contributed by atoms with Crippen LogP contribution in [0, 0.1) is 5.41 Å². The minimum atomic E-state index is -2.72. The van der Waals surface area contributed by atoms with E-state index in [-0.39, 0.29) is 27.7 Å². The van der Waals surface area contributed by atoms with Crippen molar-refractivity contribution in [2.75, 3.05) is 11.9 Å². The molecule has 2 N–H and O–H groups in total. The summed E-state index contributed by atoms with van der Waals surface area (Å²) < 4.78 is 27.9. The number of amides is 1. The van der Waals surface area contributed by atoms with E-state index in [1.54, 1.807) is 0 Å². The monoisotopic (exact) mass is 452 g/mol. The zero-order valence-electron chi connectivity index (χ0n) is 17.9. The van der Waals surface area contributed by atoms with Gasteiger partial charge in [0.1, 0.15) is 11.5 Å². The van der Waals surface area contributed by atoms with Crippen molar-refractivity contribution >= 4 is 29.0 Å². The van der Waals surface area contributed by atoms with Gasteiger partial charge in [-0.15, -0.1) is 11.3 Å². The maximum atomic E-state index is 13.9. The zero-order valence-corrected chi connectivity index (χ0v) is 18.7. The van der Waals surface area contributed by atoms with E-state index in [0.717, 1.165) is 11.3 Å². The summed E-state index contributed by atoms with van der Waals surface area (Å²) in [7, 11) is 0. The summed E-state index contributed by atoms with van der Waals surface area (Å²) >= 11 is 0.862. The molecule has 10 heteroatoms. The Hall–Kier alpha value is -2.62. The second-order valence-electron chi connectivity index (χ2n) is 8.91. The predicted octanol–water partition coefficient (Wildman–Crippen LogP) is 5.00. The molecule has 2 aromatic heterocycles. The molecule has 0 spiro atoms. The second-order valence-corrected chi connectivity index (χ2v) is 9.77. The van der Waals surface area contributed by atoms with Crippen molar-refractivity contribution < 1.29 is 23.5 Å². The fraction of sp³-hybridized carbons (Fsp3) is 0.524. The van der Waals surface area contributed by atoms with E-state index in [9.17, 15) is 18.4 Å². The van der Waals surface area contributed by atoms with Crippen LogP contribution in [0.4, 0.5) is 14.6 Å². The molecule has 168 valence electrons. The van der Waals surface area contributed by atoms with E-state index in [2.05, 4.69) is 15.3 Å². The van der Waals surface area contributed by atoms with Gasteiger partial charge in [-0.1, -0.05) is 20.8 Å². The molecule has 3 heterocycles. The number of carbonyl (C=O) groups excluding carboxylic acids is 1. The number of aromatic nitrogens is 2. The van der Waals surface area contributed by atoms with Gasteiger partial charge in [-0.25, -0.2) is 23.5 Å². The van der Waals surface area contributed by atoms with E-state index in [4.69, 9.17) is 5.11 Å². The number of carboxylic acids is 1. The first kappa shape index (κ1) is 23.1. The highest BCUT2D eigenvalue weighted by Crippen LogP contribution is 2.41. The van der Waals surface area contributed by atoms with Gasteiger partial charge in [0.2, 0.25) is 5.01 Å². The highest BCUT2D eigenvalue weighted by molar-refractivity contribution is 7.11. The molecular weight excluding hydrogens is 426 g/mol. The van der Waals surface area contributed by atoms with E-state index < -0.39 is 24.3 Å². The molecule has 2 aromatic rings. The topological polar surface area (TPSA) is 95.4 Å². The first-order chi connectivity index (χ1) is 14.5. The van der Waals surface area contributed by atoms with Crippen LogP contribution in [0.15, 0.2) is 17.6 Å². The number of halogens is 2. The molecule has 0 aliphatic carbocycles. The van der Waals surface area contributed by atoms with Gasteiger partial charge in [-0.2, -0.15) is 0 Å². The molecule has 1 aliphatic rings. The first-order valence-corrected chi connectivity index (χ1v) is 10.9. The number of nitrogens with one attached hydrogen (secondary N) is 1. The van der Waals surface area contributed by atoms with Crippen LogP contribution in [0.2, 0.25) is 0 Å². The van der Waals surface area contributed by atoms with Crippen molar-refractivity contribution in [3.63, 3.8) is 0 Å². The van der Waals surface area contributed by atoms with Crippen LogP contribution in [0.1, 0.15) is 84.4 Å². The van der Waals surface area contributed by atoms with Crippen molar-refractivity contribution in [3.8, 4) is 0 Å². The lowest BCUT2D eigenvalue weighted by Gasteiger charge is -2.29. The van der Waals surface area contributed by atoms with Gasteiger partial charge in [-0.3, -0.25) is 4.79 Å². The molecule has 0 bridgehead atoms. The Balaban J connectivity index is 1.92. The largest absolute Gasteiger partial charge is 0.476 e. The summed E-state index contributed by atoms with van der Waals surface area (Å²) in [6, 6.07) is 0.574. The fourth-order valence-corrected chi connectivity index (χ4v) is 4.26. The van der Waals surface area contributed by atoms with Crippen molar-refractivity contribution in [1.82, 2.24) is 14.9 Å². The lowest BCUT2D eigenvalue weighted by atomic mass is 9.97. The summed E-state index contributed by atoms with van der Waals surface area (Å²) in [5, 5.41) is 13.4. The third kappa shape index (κ3) is 5.17. The Morgan fingerprint density at radius 3 is 2.65 bits per heavy atom. The molecule has 0 aromatic carbocycles. The number of aromatic carboxylic acids is 1. The summed E-state index contributed by atoms with van der Waals surface area (Å²) in [6.07, 6.45) is -0.157. The smallest absolute Gasteiger partial charge is 0.365 e. The number of thiazole rings is 1. The Morgan fingerprint density at radius 2 is 2.06 bits per heavy atom. The van der Waals surface area contributed by atoms with E-state index in [1.165, 1.54) is 22.5 Å². The van der Waals surface area contributed by atoms with Crippen LogP contribution < -0.4 is 5.32 Å². The van der Waals surface area contributed by atoms with Crippen LogP contribution in [0.3, 0.4) is 0 Å².